The lowest BCUT2D eigenvalue weighted by molar-refractivity contribution is 0.0620. The zero-order valence-corrected chi connectivity index (χ0v) is 16.3. The second kappa shape index (κ2) is 8.86. The largest absolute Gasteiger partial charge is 0.497 e. The second-order valence-corrected chi connectivity index (χ2v) is 6.80. The number of piperazine rings is 1. The number of amides is 1. The Morgan fingerprint density at radius 3 is 2.37 bits per heavy atom. The van der Waals surface area contributed by atoms with Crippen LogP contribution in [0, 0.1) is 13.8 Å². The van der Waals surface area contributed by atoms with Gasteiger partial charge in [0.1, 0.15) is 18.1 Å². The van der Waals surface area contributed by atoms with Gasteiger partial charge >= 0.3 is 0 Å². The fraction of sp³-hybridized carbons (Fsp3) is 0.429. The summed E-state index contributed by atoms with van der Waals surface area (Å²) >= 11 is 0. The Morgan fingerprint density at radius 1 is 1.04 bits per heavy atom. The molecule has 0 aliphatic carbocycles. The zero-order chi connectivity index (χ0) is 19.2. The number of carbonyl (C=O) groups is 1. The lowest BCUT2D eigenvalue weighted by Gasteiger charge is -2.34. The Hall–Kier alpha value is -2.60. The molecule has 0 N–H and O–H groups in total. The third-order valence-corrected chi connectivity index (χ3v) is 4.71. The molecule has 3 rings (SSSR count). The first-order chi connectivity index (χ1) is 13.0. The first kappa shape index (κ1) is 19.2. The van der Waals surface area contributed by atoms with E-state index in [1.807, 2.05) is 55.1 Å². The molecule has 0 radical (unpaired) electrons. The maximum Gasteiger partial charge on any atom is 0.254 e. The van der Waals surface area contributed by atoms with Crippen molar-refractivity contribution in [3.05, 3.63) is 53.3 Å². The third kappa shape index (κ3) is 5.20. The van der Waals surface area contributed by atoms with Gasteiger partial charge in [-0.1, -0.05) is 6.07 Å². The Bertz CT molecular complexity index is 766. The van der Waals surface area contributed by atoms with Gasteiger partial charge in [-0.2, -0.15) is 0 Å². The Morgan fingerprint density at radius 2 is 1.70 bits per heavy atom. The van der Waals surface area contributed by atoms with Gasteiger partial charge in [0.2, 0.25) is 0 Å². The molecule has 1 aliphatic heterocycles. The van der Waals surface area contributed by atoms with E-state index in [-0.39, 0.29) is 5.91 Å². The first-order valence-electron chi connectivity index (χ1n) is 9.29. The summed E-state index contributed by atoms with van der Waals surface area (Å²) in [7, 11) is 1.65. The van der Waals surface area contributed by atoms with Crippen LogP contribution in [-0.4, -0.2) is 67.1 Å². The number of aromatic nitrogens is 1. The van der Waals surface area contributed by atoms with Gasteiger partial charge in [-0.15, -0.1) is 0 Å². The number of rotatable bonds is 6. The molecule has 0 saturated carbocycles. The van der Waals surface area contributed by atoms with E-state index in [4.69, 9.17) is 9.47 Å². The van der Waals surface area contributed by atoms with Crippen molar-refractivity contribution in [2.75, 3.05) is 46.4 Å². The summed E-state index contributed by atoms with van der Waals surface area (Å²) in [5.41, 5.74) is 2.49. The molecule has 1 saturated heterocycles. The number of carbonyl (C=O) groups excluding carboxylic acids is 1. The van der Waals surface area contributed by atoms with Crippen molar-refractivity contribution >= 4 is 5.91 Å². The Labute approximate surface area is 160 Å². The normalized spacial score (nSPS) is 14.9. The molecule has 0 unspecified atom stereocenters. The highest BCUT2D eigenvalue weighted by molar-refractivity contribution is 5.94. The molecule has 0 spiro atoms. The predicted octanol–water partition coefficient (Wildman–Crippen LogP) is 2.54. The van der Waals surface area contributed by atoms with Crippen LogP contribution in [0.3, 0.4) is 0 Å². The van der Waals surface area contributed by atoms with Gasteiger partial charge in [0, 0.05) is 55.7 Å². The molecule has 2 heterocycles. The van der Waals surface area contributed by atoms with Crippen molar-refractivity contribution in [3.63, 3.8) is 0 Å². The summed E-state index contributed by atoms with van der Waals surface area (Å²) in [6.07, 6.45) is 0. The molecule has 1 amide bonds. The fourth-order valence-electron chi connectivity index (χ4n) is 3.30. The highest BCUT2D eigenvalue weighted by atomic mass is 16.5. The van der Waals surface area contributed by atoms with Crippen LogP contribution in [0.4, 0.5) is 0 Å². The zero-order valence-electron chi connectivity index (χ0n) is 16.3. The molecule has 27 heavy (non-hydrogen) atoms. The molecular weight excluding hydrogens is 342 g/mol. The summed E-state index contributed by atoms with van der Waals surface area (Å²) in [4.78, 5) is 21.3. The highest BCUT2D eigenvalue weighted by Gasteiger charge is 2.22. The van der Waals surface area contributed by atoms with Gasteiger partial charge in [0.25, 0.3) is 5.91 Å². The van der Waals surface area contributed by atoms with Crippen LogP contribution < -0.4 is 9.47 Å². The summed E-state index contributed by atoms with van der Waals surface area (Å²) in [6.45, 7) is 8.48. The number of aryl methyl sites for hydroxylation is 2. The average molecular weight is 369 g/mol. The van der Waals surface area contributed by atoms with Crippen LogP contribution in [0.25, 0.3) is 0 Å². The number of hydrogen-bond acceptors (Lipinski definition) is 5. The maximum absolute atomic E-state index is 12.7. The molecular formula is C21H27N3O3. The molecule has 1 aliphatic rings. The van der Waals surface area contributed by atoms with E-state index in [2.05, 4.69) is 9.88 Å². The number of hydrogen-bond donors (Lipinski definition) is 0. The second-order valence-electron chi connectivity index (χ2n) is 6.80. The van der Waals surface area contributed by atoms with E-state index in [1.54, 1.807) is 7.11 Å². The smallest absolute Gasteiger partial charge is 0.254 e. The molecule has 144 valence electrons. The summed E-state index contributed by atoms with van der Waals surface area (Å²) in [6, 6.07) is 11.4. The van der Waals surface area contributed by atoms with Crippen LogP contribution in [0.2, 0.25) is 0 Å². The number of methoxy groups -OCH3 is 1. The highest BCUT2D eigenvalue weighted by Crippen LogP contribution is 2.19. The van der Waals surface area contributed by atoms with Crippen LogP contribution in [0.5, 0.6) is 11.5 Å². The van der Waals surface area contributed by atoms with Crippen molar-refractivity contribution in [1.82, 2.24) is 14.8 Å². The topological polar surface area (TPSA) is 54.9 Å². The first-order valence-corrected chi connectivity index (χ1v) is 9.29. The Balaban J connectivity index is 1.45. The fourth-order valence-corrected chi connectivity index (χ4v) is 3.30. The summed E-state index contributed by atoms with van der Waals surface area (Å²) in [5.74, 6) is 1.70. The predicted molar refractivity (Wildman–Crippen MR) is 105 cm³/mol. The molecule has 0 bridgehead atoms. The molecule has 0 atom stereocenters. The number of pyridine rings is 1. The number of ether oxygens (including phenoxy) is 2. The Kier molecular flexibility index (Phi) is 6.29. The van der Waals surface area contributed by atoms with Crippen molar-refractivity contribution < 1.29 is 14.3 Å². The van der Waals surface area contributed by atoms with Gasteiger partial charge < -0.3 is 14.4 Å². The minimum atomic E-state index is 0.0934. The van der Waals surface area contributed by atoms with E-state index in [0.717, 1.165) is 61.2 Å². The lowest BCUT2D eigenvalue weighted by Crippen LogP contribution is -2.49. The van der Waals surface area contributed by atoms with Crippen molar-refractivity contribution in [1.29, 1.82) is 0 Å². The molecule has 6 nitrogen and oxygen atoms in total. The van der Waals surface area contributed by atoms with E-state index in [0.29, 0.717) is 6.61 Å². The van der Waals surface area contributed by atoms with Crippen LogP contribution in [0.15, 0.2) is 36.4 Å². The molecule has 1 fully saturated rings. The quantitative estimate of drug-likeness (QED) is 0.783. The van der Waals surface area contributed by atoms with Gasteiger partial charge in [0.05, 0.1) is 7.11 Å². The molecule has 2 aromatic rings. The minimum absolute atomic E-state index is 0.0934. The van der Waals surface area contributed by atoms with Gasteiger partial charge in [0.15, 0.2) is 0 Å². The van der Waals surface area contributed by atoms with E-state index in [9.17, 15) is 4.79 Å². The number of nitrogens with zero attached hydrogens (tertiary/aromatic N) is 3. The maximum atomic E-state index is 12.7. The number of benzene rings is 1. The van der Waals surface area contributed by atoms with Gasteiger partial charge in [-0.05, 0) is 38.1 Å². The average Bonchev–Trinajstić information content (AvgIpc) is 2.67. The van der Waals surface area contributed by atoms with Crippen molar-refractivity contribution in [2.24, 2.45) is 0 Å². The molecule has 1 aromatic heterocycles. The van der Waals surface area contributed by atoms with Crippen LogP contribution in [0.1, 0.15) is 21.7 Å². The monoisotopic (exact) mass is 369 g/mol. The van der Waals surface area contributed by atoms with Crippen LogP contribution in [-0.2, 0) is 0 Å². The van der Waals surface area contributed by atoms with E-state index in [1.165, 1.54) is 0 Å². The van der Waals surface area contributed by atoms with Gasteiger partial charge in [-0.3, -0.25) is 14.7 Å². The summed E-state index contributed by atoms with van der Waals surface area (Å²) in [5, 5.41) is 0. The van der Waals surface area contributed by atoms with E-state index < -0.39 is 0 Å². The van der Waals surface area contributed by atoms with Crippen LogP contribution >= 0.6 is 0 Å². The van der Waals surface area contributed by atoms with Crippen molar-refractivity contribution in [3.8, 4) is 11.5 Å². The minimum Gasteiger partial charge on any atom is -0.497 e. The molecule has 1 aromatic carbocycles. The lowest BCUT2D eigenvalue weighted by atomic mass is 10.1. The standard InChI is InChI=1S/C21H27N3O3/c1-16-13-18(14-17(2)22-16)21(25)24-9-7-23(8-10-24)11-12-27-20-6-4-5-19(15-20)26-3/h4-6,13-15H,7-12H2,1-3H3. The molecule has 6 heteroatoms. The van der Waals surface area contributed by atoms with E-state index >= 15 is 0 Å². The van der Waals surface area contributed by atoms with Gasteiger partial charge in [-0.25, -0.2) is 0 Å². The van der Waals surface area contributed by atoms with Crippen molar-refractivity contribution in [2.45, 2.75) is 13.8 Å². The SMILES string of the molecule is COc1cccc(OCCN2CCN(C(=O)c3cc(C)nc(C)c3)CC2)c1. The summed E-state index contributed by atoms with van der Waals surface area (Å²) < 4.78 is 11.0. The third-order valence-electron chi connectivity index (χ3n) is 4.71.